The molecule has 0 atom stereocenters. The fourth-order valence-electron chi connectivity index (χ4n) is 2.41. The van der Waals surface area contributed by atoms with Crippen molar-refractivity contribution in [2.75, 3.05) is 23.7 Å². The molecule has 0 fully saturated rings. The molecule has 3 heteroatoms. The molecule has 0 saturated carbocycles. The lowest BCUT2D eigenvalue weighted by atomic mass is 10.2. The molecule has 1 aromatic rings. The predicted octanol–water partition coefficient (Wildman–Crippen LogP) is 5.04. The van der Waals surface area contributed by atoms with Crippen molar-refractivity contribution in [2.45, 2.75) is 32.6 Å². The maximum atomic E-state index is 4.85. The summed E-state index contributed by atoms with van der Waals surface area (Å²) in [6.45, 7) is 8.26. The third kappa shape index (κ3) is 4.14. The molecule has 20 heavy (non-hydrogen) atoms. The normalized spacial score (nSPS) is 14.4. The highest BCUT2D eigenvalue weighted by Gasteiger charge is 2.16. The van der Waals surface area contributed by atoms with Crippen LogP contribution in [0.2, 0.25) is 0 Å². The molecule has 108 valence electrons. The maximum absolute atomic E-state index is 4.85. The molecular weight excluding hydrogens is 264 g/mol. The average Bonchev–Trinajstić information content (AvgIpc) is 2.65. The Kier molecular flexibility index (Phi) is 6.19. The number of hydrogen-bond acceptors (Lipinski definition) is 3. The number of nitrogens with zero attached hydrogens (tertiary/aromatic N) is 2. The minimum atomic E-state index is 0.941. The fraction of sp³-hybridized carbons (Fsp3) is 0.471. The molecule has 0 amide bonds. The average molecular weight is 288 g/mol. The lowest BCUT2D eigenvalue weighted by Crippen LogP contribution is -2.25. The van der Waals surface area contributed by atoms with E-state index < -0.39 is 0 Å². The van der Waals surface area contributed by atoms with Gasteiger partial charge in [0.15, 0.2) is 0 Å². The van der Waals surface area contributed by atoms with Crippen LogP contribution in [0.1, 0.15) is 32.6 Å². The van der Waals surface area contributed by atoms with Crippen LogP contribution in [0.5, 0.6) is 0 Å². The Hall–Kier alpha value is -1.22. The summed E-state index contributed by atoms with van der Waals surface area (Å²) in [6.07, 6.45) is 6.83. The highest BCUT2D eigenvalue weighted by atomic mass is 32.2. The molecular formula is C17H24N2S. The fourth-order valence-corrected chi connectivity index (χ4v) is 3.12. The van der Waals surface area contributed by atoms with Crippen molar-refractivity contribution < 1.29 is 0 Å². The summed E-state index contributed by atoms with van der Waals surface area (Å²) in [5.41, 5.74) is 2.41. The molecule has 1 aliphatic rings. The summed E-state index contributed by atoms with van der Waals surface area (Å²) in [5.74, 6) is 0.941. The Balaban J connectivity index is 2.13. The summed E-state index contributed by atoms with van der Waals surface area (Å²) < 4.78 is 0. The van der Waals surface area contributed by atoms with Gasteiger partial charge in [0.1, 0.15) is 0 Å². The number of hydrogen-bond donors (Lipinski definition) is 0. The number of fused-ring (bicyclic) bond motifs is 1. The van der Waals surface area contributed by atoms with Gasteiger partial charge in [-0.05, 0) is 18.6 Å². The van der Waals surface area contributed by atoms with Crippen molar-refractivity contribution in [2.24, 2.45) is 4.99 Å². The molecule has 1 aromatic carbocycles. The van der Waals surface area contributed by atoms with Crippen molar-refractivity contribution >= 4 is 28.2 Å². The first-order valence-electron chi connectivity index (χ1n) is 7.50. The van der Waals surface area contributed by atoms with E-state index in [0.29, 0.717) is 0 Å². The van der Waals surface area contributed by atoms with Gasteiger partial charge in [-0.25, -0.2) is 4.99 Å². The molecule has 0 saturated heterocycles. The van der Waals surface area contributed by atoms with Crippen molar-refractivity contribution in [1.82, 2.24) is 0 Å². The highest BCUT2D eigenvalue weighted by molar-refractivity contribution is 8.14. The van der Waals surface area contributed by atoms with Crippen LogP contribution in [0.4, 0.5) is 11.4 Å². The van der Waals surface area contributed by atoms with Crippen LogP contribution in [0, 0.1) is 0 Å². The molecule has 0 radical (unpaired) electrons. The number of unbranched alkanes of at least 4 members (excludes halogenated alkanes) is 2. The van der Waals surface area contributed by atoms with E-state index in [2.05, 4.69) is 42.7 Å². The first-order chi connectivity index (χ1) is 9.85. The second-order valence-corrected chi connectivity index (χ2v) is 6.13. The number of para-hydroxylation sites is 2. The van der Waals surface area contributed by atoms with Gasteiger partial charge in [-0.15, -0.1) is 18.3 Å². The van der Waals surface area contributed by atoms with Crippen LogP contribution in [0.15, 0.2) is 41.9 Å². The Bertz CT molecular complexity index is 468. The number of benzene rings is 1. The van der Waals surface area contributed by atoms with Crippen molar-refractivity contribution in [1.29, 1.82) is 0 Å². The number of aliphatic imine (C=N–C) groups is 1. The molecule has 0 bridgehead atoms. The first-order valence-corrected chi connectivity index (χ1v) is 8.49. The van der Waals surface area contributed by atoms with Crippen LogP contribution in [0.25, 0.3) is 0 Å². The predicted molar refractivity (Wildman–Crippen MR) is 92.5 cm³/mol. The van der Waals surface area contributed by atoms with E-state index in [9.17, 15) is 0 Å². The topological polar surface area (TPSA) is 15.6 Å². The third-order valence-corrected chi connectivity index (χ3v) is 4.49. The highest BCUT2D eigenvalue weighted by Crippen LogP contribution is 2.33. The molecule has 0 aromatic heterocycles. The third-order valence-electron chi connectivity index (χ3n) is 3.46. The summed E-state index contributed by atoms with van der Waals surface area (Å²) in [4.78, 5) is 7.34. The van der Waals surface area contributed by atoms with E-state index in [0.717, 1.165) is 31.0 Å². The largest absolute Gasteiger partial charge is 0.369 e. The van der Waals surface area contributed by atoms with Crippen molar-refractivity contribution in [3.05, 3.63) is 36.9 Å². The summed E-state index contributed by atoms with van der Waals surface area (Å²) >= 11 is 1.81. The standard InChI is InChI=1S/C17H24N2S/c1-3-5-8-12-19-13-11-17(20-14-4-2)18-15-9-6-7-10-16(15)19/h4,6-7,9-10H,2-3,5,8,11-14H2,1H3. The second kappa shape index (κ2) is 8.15. The molecule has 1 aliphatic heterocycles. The summed E-state index contributed by atoms with van der Waals surface area (Å²) in [7, 11) is 0. The van der Waals surface area contributed by atoms with E-state index in [1.54, 1.807) is 0 Å². The first kappa shape index (κ1) is 15.2. The van der Waals surface area contributed by atoms with Gasteiger partial charge in [0.2, 0.25) is 0 Å². The lowest BCUT2D eigenvalue weighted by Gasteiger charge is -2.24. The maximum Gasteiger partial charge on any atom is 0.0872 e. The Morgan fingerprint density at radius 2 is 2.20 bits per heavy atom. The molecule has 0 spiro atoms. The van der Waals surface area contributed by atoms with Gasteiger partial charge in [0.05, 0.1) is 16.4 Å². The van der Waals surface area contributed by atoms with Gasteiger partial charge < -0.3 is 4.90 Å². The Morgan fingerprint density at radius 1 is 1.35 bits per heavy atom. The van der Waals surface area contributed by atoms with Gasteiger partial charge in [0, 0.05) is 25.3 Å². The molecule has 2 rings (SSSR count). The molecule has 0 unspecified atom stereocenters. The number of rotatable bonds is 6. The molecule has 0 N–H and O–H groups in total. The minimum Gasteiger partial charge on any atom is -0.369 e. The number of thioether (sulfide) groups is 1. The van der Waals surface area contributed by atoms with Gasteiger partial charge in [0.25, 0.3) is 0 Å². The van der Waals surface area contributed by atoms with E-state index in [1.807, 2.05) is 17.8 Å². The van der Waals surface area contributed by atoms with Crippen LogP contribution in [-0.4, -0.2) is 23.9 Å². The van der Waals surface area contributed by atoms with Crippen LogP contribution < -0.4 is 4.90 Å². The Labute approximate surface area is 127 Å². The molecule has 0 aliphatic carbocycles. The minimum absolute atomic E-state index is 0.941. The second-order valence-electron chi connectivity index (χ2n) is 5.04. The van der Waals surface area contributed by atoms with Crippen molar-refractivity contribution in [3.63, 3.8) is 0 Å². The zero-order chi connectivity index (χ0) is 14.2. The van der Waals surface area contributed by atoms with Crippen LogP contribution in [0.3, 0.4) is 0 Å². The molecule has 2 nitrogen and oxygen atoms in total. The summed E-state index contributed by atoms with van der Waals surface area (Å²) in [6, 6.07) is 8.52. The summed E-state index contributed by atoms with van der Waals surface area (Å²) in [5, 5.41) is 1.23. The van der Waals surface area contributed by atoms with Crippen molar-refractivity contribution in [3.8, 4) is 0 Å². The van der Waals surface area contributed by atoms with E-state index in [4.69, 9.17) is 4.99 Å². The zero-order valence-electron chi connectivity index (χ0n) is 12.3. The monoisotopic (exact) mass is 288 g/mol. The van der Waals surface area contributed by atoms with Crippen LogP contribution in [-0.2, 0) is 0 Å². The van der Waals surface area contributed by atoms with E-state index >= 15 is 0 Å². The van der Waals surface area contributed by atoms with Gasteiger partial charge in [-0.1, -0.05) is 38.0 Å². The van der Waals surface area contributed by atoms with Gasteiger partial charge in [-0.3, -0.25) is 0 Å². The van der Waals surface area contributed by atoms with Gasteiger partial charge >= 0.3 is 0 Å². The SMILES string of the molecule is C=CCSC1=Nc2ccccc2N(CCCCC)CC1. The Morgan fingerprint density at radius 3 is 3.00 bits per heavy atom. The number of anilines is 1. The van der Waals surface area contributed by atoms with Gasteiger partial charge in [-0.2, -0.15) is 0 Å². The quantitative estimate of drug-likeness (QED) is 0.538. The lowest BCUT2D eigenvalue weighted by molar-refractivity contribution is 0.681. The smallest absolute Gasteiger partial charge is 0.0872 e. The van der Waals surface area contributed by atoms with Crippen LogP contribution >= 0.6 is 11.8 Å². The van der Waals surface area contributed by atoms with E-state index in [-0.39, 0.29) is 0 Å². The zero-order valence-corrected chi connectivity index (χ0v) is 13.2. The van der Waals surface area contributed by atoms with E-state index in [1.165, 1.54) is 30.0 Å². The molecule has 1 heterocycles.